The van der Waals surface area contributed by atoms with Crippen molar-refractivity contribution in [2.75, 3.05) is 6.79 Å². The van der Waals surface area contributed by atoms with Crippen LogP contribution < -0.4 is 14.8 Å². The lowest BCUT2D eigenvalue weighted by atomic mass is 10.1. The van der Waals surface area contributed by atoms with Crippen molar-refractivity contribution in [3.63, 3.8) is 0 Å². The second-order valence-corrected chi connectivity index (χ2v) is 6.15. The maximum Gasteiger partial charge on any atom is 0.280 e. The van der Waals surface area contributed by atoms with E-state index in [9.17, 15) is 14.9 Å². The number of amides is 1. The third kappa shape index (κ3) is 4.07. The lowest BCUT2D eigenvalue weighted by molar-refractivity contribution is -0.385. The summed E-state index contributed by atoms with van der Waals surface area (Å²) < 4.78 is 10.3. The van der Waals surface area contributed by atoms with Crippen LogP contribution in [-0.2, 0) is 11.3 Å². The third-order valence-corrected chi connectivity index (χ3v) is 4.19. The maximum atomic E-state index is 12.0. The summed E-state index contributed by atoms with van der Waals surface area (Å²) in [7, 11) is 0. The van der Waals surface area contributed by atoms with Crippen molar-refractivity contribution >= 4 is 40.9 Å². The molecule has 26 heavy (non-hydrogen) atoms. The van der Waals surface area contributed by atoms with Crippen LogP contribution in [0.1, 0.15) is 11.1 Å². The number of hydrogen-bond acceptors (Lipinski definition) is 5. The first kappa shape index (κ1) is 18.0. The highest BCUT2D eigenvalue weighted by atomic mass is 35.5. The van der Waals surface area contributed by atoms with Crippen molar-refractivity contribution in [2.45, 2.75) is 6.54 Å². The Labute approximate surface area is 158 Å². The Morgan fingerprint density at radius 3 is 2.65 bits per heavy atom. The van der Waals surface area contributed by atoms with Gasteiger partial charge in [-0.3, -0.25) is 14.9 Å². The minimum atomic E-state index is -0.549. The number of nitro benzene ring substituents is 1. The van der Waals surface area contributed by atoms with E-state index in [1.807, 2.05) is 0 Å². The fourth-order valence-electron chi connectivity index (χ4n) is 2.31. The van der Waals surface area contributed by atoms with Crippen molar-refractivity contribution in [3.05, 3.63) is 67.7 Å². The van der Waals surface area contributed by atoms with Crippen LogP contribution in [0.4, 0.5) is 5.69 Å². The first-order chi connectivity index (χ1) is 12.4. The van der Waals surface area contributed by atoms with Gasteiger partial charge in [-0.15, -0.1) is 0 Å². The molecule has 0 atom stereocenters. The predicted octanol–water partition coefficient (Wildman–Crippen LogP) is 3.96. The minimum Gasteiger partial charge on any atom is -0.454 e. The molecule has 0 bridgehead atoms. The van der Waals surface area contributed by atoms with Crippen LogP contribution in [0.15, 0.2) is 36.4 Å². The number of nitro groups is 1. The standard InChI is InChI=1S/C17H12Cl2N2O5/c18-12-3-1-11(13(19)6-12)8-20-17(22)4-2-10-5-15-16(26-9-25-15)7-14(10)21(23)24/h1-7H,8-9H2,(H,20,22)/b4-2+. The van der Waals surface area contributed by atoms with Gasteiger partial charge in [0.1, 0.15) is 0 Å². The molecule has 1 N–H and O–H groups in total. The summed E-state index contributed by atoms with van der Waals surface area (Å²) >= 11 is 11.9. The molecule has 0 saturated carbocycles. The van der Waals surface area contributed by atoms with Crippen LogP contribution in [0.25, 0.3) is 6.08 Å². The number of carbonyl (C=O) groups is 1. The molecule has 0 aromatic heterocycles. The zero-order chi connectivity index (χ0) is 18.7. The number of fused-ring (bicyclic) bond motifs is 1. The number of benzene rings is 2. The van der Waals surface area contributed by atoms with Crippen LogP contribution in [0.2, 0.25) is 10.0 Å². The van der Waals surface area contributed by atoms with E-state index >= 15 is 0 Å². The third-order valence-electron chi connectivity index (χ3n) is 3.60. The largest absolute Gasteiger partial charge is 0.454 e. The van der Waals surface area contributed by atoms with Gasteiger partial charge in [0.05, 0.1) is 16.6 Å². The molecule has 2 aromatic carbocycles. The Morgan fingerprint density at radius 1 is 1.23 bits per heavy atom. The van der Waals surface area contributed by atoms with E-state index in [0.717, 1.165) is 0 Å². The fourth-order valence-corrected chi connectivity index (χ4v) is 2.79. The Hall–Kier alpha value is -2.77. The zero-order valence-electron chi connectivity index (χ0n) is 13.2. The minimum absolute atomic E-state index is 0.00198. The van der Waals surface area contributed by atoms with Gasteiger partial charge in [-0.2, -0.15) is 0 Å². The first-order valence-corrected chi connectivity index (χ1v) is 8.17. The number of nitrogens with one attached hydrogen (secondary N) is 1. The molecule has 0 saturated heterocycles. The number of halogens is 2. The van der Waals surface area contributed by atoms with Crippen LogP contribution in [0, 0.1) is 10.1 Å². The van der Waals surface area contributed by atoms with Gasteiger partial charge in [0.25, 0.3) is 5.69 Å². The molecule has 0 unspecified atom stereocenters. The highest BCUT2D eigenvalue weighted by molar-refractivity contribution is 6.35. The van der Waals surface area contributed by atoms with Crippen LogP contribution >= 0.6 is 23.2 Å². The van der Waals surface area contributed by atoms with Gasteiger partial charge < -0.3 is 14.8 Å². The van der Waals surface area contributed by atoms with Gasteiger partial charge in [0, 0.05) is 22.7 Å². The molecule has 3 rings (SSSR count). The van der Waals surface area contributed by atoms with Crippen molar-refractivity contribution in [1.82, 2.24) is 5.32 Å². The van der Waals surface area contributed by atoms with Crippen LogP contribution in [0.3, 0.4) is 0 Å². The number of rotatable bonds is 5. The van der Waals surface area contributed by atoms with Gasteiger partial charge in [-0.05, 0) is 29.8 Å². The lowest BCUT2D eigenvalue weighted by Gasteiger charge is -2.05. The van der Waals surface area contributed by atoms with E-state index in [2.05, 4.69) is 5.32 Å². The van der Waals surface area contributed by atoms with E-state index in [-0.39, 0.29) is 24.6 Å². The molecular formula is C17H12Cl2N2O5. The highest BCUT2D eigenvalue weighted by Gasteiger charge is 2.22. The normalized spacial score (nSPS) is 12.4. The molecular weight excluding hydrogens is 383 g/mol. The summed E-state index contributed by atoms with van der Waals surface area (Å²) in [6, 6.07) is 7.68. The number of hydrogen-bond donors (Lipinski definition) is 1. The Balaban J connectivity index is 1.71. The highest BCUT2D eigenvalue weighted by Crippen LogP contribution is 2.38. The van der Waals surface area contributed by atoms with Crippen molar-refractivity contribution < 1.29 is 19.2 Å². The molecule has 1 amide bonds. The quantitative estimate of drug-likeness (QED) is 0.470. The average Bonchev–Trinajstić information content (AvgIpc) is 3.05. The van der Waals surface area contributed by atoms with Crippen LogP contribution in [0.5, 0.6) is 11.5 Å². The lowest BCUT2D eigenvalue weighted by Crippen LogP contribution is -2.20. The zero-order valence-corrected chi connectivity index (χ0v) is 14.7. The molecule has 134 valence electrons. The van der Waals surface area contributed by atoms with Gasteiger partial charge >= 0.3 is 0 Å². The van der Waals surface area contributed by atoms with Gasteiger partial charge in [-0.25, -0.2) is 0 Å². The first-order valence-electron chi connectivity index (χ1n) is 7.42. The smallest absolute Gasteiger partial charge is 0.280 e. The van der Waals surface area contributed by atoms with Gasteiger partial charge in [-0.1, -0.05) is 29.3 Å². The molecule has 0 spiro atoms. The van der Waals surface area contributed by atoms with Crippen LogP contribution in [-0.4, -0.2) is 17.6 Å². The molecule has 1 aliphatic heterocycles. The summed E-state index contributed by atoms with van der Waals surface area (Å²) in [5.41, 5.74) is 0.754. The van der Waals surface area contributed by atoms with Crippen molar-refractivity contribution in [2.24, 2.45) is 0 Å². The monoisotopic (exact) mass is 394 g/mol. The predicted molar refractivity (Wildman–Crippen MR) is 96.6 cm³/mol. The van der Waals surface area contributed by atoms with Crippen molar-refractivity contribution in [1.29, 1.82) is 0 Å². The summed E-state index contributed by atoms with van der Waals surface area (Å²) in [5, 5.41) is 14.8. The number of carbonyl (C=O) groups excluding carboxylic acids is 1. The average molecular weight is 395 g/mol. The van der Waals surface area contributed by atoms with E-state index in [0.29, 0.717) is 27.1 Å². The molecule has 7 nitrogen and oxygen atoms in total. The van der Waals surface area contributed by atoms with E-state index < -0.39 is 10.8 Å². The fraction of sp³-hybridized carbons (Fsp3) is 0.118. The Kier molecular flexibility index (Phi) is 5.29. The summed E-state index contributed by atoms with van der Waals surface area (Å²) in [6.07, 6.45) is 2.55. The summed E-state index contributed by atoms with van der Waals surface area (Å²) in [6.45, 7) is 0.199. The van der Waals surface area contributed by atoms with E-state index in [4.69, 9.17) is 32.7 Å². The van der Waals surface area contributed by atoms with Gasteiger partial charge in [0.2, 0.25) is 12.7 Å². The topological polar surface area (TPSA) is 90.7 Å². The summed E-state index contributed by atoms with van der Waals surface area (Å²) in [5.74, 6) is 0.266. The molecule has 9 heteroatoms. The van der Waals surface area contributed by atoms with E-state index in [1.165, 1.54) is 24.3 Å². The molecule has 1 aliphatic rings. The summed E-state index contributed by atoms with van der Waals surface area (Å²) in [4.78, 5) is 22.6. The number of ether oxygens (including phenoxy) is 2. The Bertz CT molecular complexity index is 914. The molecule has 0 fully saturated rings. The number of nitrogens with zero attached hydrogens (tertiary/aromatic N) is 1. The molecule has 0 radical (unpaired) electrons. The molecule has 1 heterocycles. The maximum absolute atomic E-state index is 12.0. The second-order valence-electron chi connectivity index (χ2n) is 5.31. The second kappa shape index (κ2) is 7.63. The Morgan fingerprint density at radius 2 is 1.96 bits per heavy atom. The van der Waals surface area contributed by atoms with Gasteiger partial charge in [0.15, 0.2) is 11.5 Å². The molecule has 0 aliphatic carbocycles. The van der Waals surface area contributed by atoms with E-state index in [1.54, 1.807) is 18.2 Å². The SMILES string of the molecule is O=C(/C=C/c1cc2c(cc1[N+](=O)[O-])OCO2)NCc1ccc(Cl)cc1Cl. The van der Waals surface area contributed by atoms with Crippen molar-refractivity contribution in [3.8, 4) is 11.5 Å². The molecule has 2 aromatic rings.